The molecule has 0 unspecified atom stereocenters. The maximum absolute atomic E-state index is 11.0. The van der Waals surface area contributed by atoms with E-state index in [-0.39, 0.29) is 5.69 Å². The van der Waals surface area contributed by atoms with Gasteiger partial charge in [0.1, 0.15) is 0 Å². The third kappa shape index (κ3) is 3.76. The SMILES string of the molecule is COCCOCCCn1cc[nH]c1=O. The Kier molecular flexibility index (Phi) is 5.03. The first-order valence-electron chi connectivity index (χ1n) is 4.65. The first-order valence-corrected chi connectivity index (χ1v) is 4.65. The maximum Gasteiger partial charge on any atom is 0.325 e. The molecule has 0 saturated heterocycles. The van der Waals surface area contributed by atoms with Gasteiger partial charge in [-0.2, -0.15) is 0 Å². The van der Waals surface area contributed by atoms with E-state index >= 15 is 0 Å². The lowest BCUT2D eigenvalue weighted by molar-refractivity contribution is 0.0679. The Morgan fingerprint density at radius 3 is 2.93 bits per heavy atom. The van der Waals surface area contributed by atoms with Crippen LogP contribution in [-0.2, 0) is 16.0 Å². The molecule has 0 aliphatic carbocycles. The molecule has 0 saturated carbocycles. The molecule has 1 aromatic rings. The minimum Gasteiger partial charge on any atom is -0.382 e. The van der Waals surface area contributed by atoms with Gasteiger partial charge in [0.05, 0.1) is 13.2 Å². The van der Waals surface area contributed by atoms with Gasteiger partial charge in [0.15, 0.2) is 0 Å². The van der Waals surface area contributed by atoms with Gasteiger partial charge in [-0.1, -0.05) is 0 Å². The number of H-pyrrole nitrogens is 1. The van der Waals surface area contributed by atoms with Crippen LogP contribution in [0.15, 0.2) is 17.2 Å². The van der Waals surface area contributed by atoms with Gasteiger partial charge in [0.2, 0.25) is 0 Å². The average molecular weight is 200 g/mol. The molecule has 0 aliphatic rings. The third-order valence-electron chi connectivity index (χ3n) is 1.84. The minimum absolute atomic E-state index is 0.0677. The number of nitrogens with one attached hydrogen (secondary N) is 1. The molecule has 80 valence electrons. The number of methoxy groups -OCH3 is 1. The van der Waals surface area contributed by atoms with E-state index in [1.54, 1.807) is 24.1 Å². The smallest absolute Gasteiger partial charge is 0.325 e. The van der Waals surface area contributed by atoms with Crippen LogP contribution in [0, 0.1) is 0 Å². The van der Waals surface area contributed by atoms with Crippen molar-refractivity contribution < 1.29 is 9.47 Å². The molecular weight excluding hydrogens is 184 g/mol. The quantitative estimate of drug-likeness (QED) is 0.641. The van der Waals surface area contributed by atoms with E-state index in [0.29, 0.717) is 26.4 Å². The third-order valence-corrected chi connectivity index (χ3v) is 1.84. The topological polar surface area (TPSA) is 56.2 Å². The van der Waals surface area contributed by atoms with Crippen molar-refractivity contribution in [3.63, 3.8) is 0 Å². The summed E-state index contributed by atoms with van der Waals surface area (Å²) in [6.07, 6.45) is 4.20. The van der Waals surface area contributed by atoms with Crippen LogP contribution < -0.4 is 5.69 Å². The van der Waals surface area contributed by atoms with Gasteiger partial charge in [0, 0.05) is 32.7 Å². The van der Waals surface area contributed by atoms with Crippen molar-refractivity contribution in [1.29, 1.82) is 0 Å². The number of nitrogens with zero attached hydrogens (tertiary/aromatic N) is 1. The van der Waals surface area contributed by atoms with E-state index in [2.05, 4.69) is 4.98 Å². The standard InChI is InChI=1S/C9H16N2O3/c1-13-7-8-14-6-2-4-11-5-3-10-9(11)12/h3,5H,2,4,6-8H2,1H3,(H,10,12). The Balaban J connectivity index is 2.05. The van der Waals surface area contributed by atoms with Gasteiger partial charge in [-0.25, -0.2) is 4.79 Å². The Hall–Kier alpha value is -1.07. The number of rotatable bonds is 7. The number of ether oxygens (including phenoxy) is 2. The average Bonchev–Trinajstić information content (AvgIpc) is 2.58. The normalized spacial score (nSPS) is 10.6. The molecule has 0 atom stereocenters. The fraction of sp³-hybridized carbons (Fsp3) is 0.667. The summed E-state index contributed by atoms with van der Waals surface area (Å²) in [7, 11) is 1.64. The fourth-order valence-corrected chi connectivity index (χ4v) is 1.11. The number of aryl methyl sites for hydroxylation is 1. The highest BCUT2D eigenvalue weighted by Crippen LogP contribution is 1.88. The predicted molar refractivity (Wildman–Crippen MR) is 52.4 cm³/mol. The van der Waals surface area contributed by atoms with E-state index in [1.165, 1.54) is 0 Å². The van der Waals surface area contributed by atoms with Crippen molar-refractivity contribution >= 4 is 0 Å². The number of aromatic amines is 1. The second-order valence-corrected chi connectivity index (χ2v) is 2.92. The molecular formula is C9H16N2O3. The van der Waals surface area contributed by atoms with Crippen molar-refractivity contribution in [2.24, 2.45) is 0 Å². The summed E-state index contributed by atoms with van der Waals surface area (Å²) in [5.74, 6) is 0. The zero-order valence-corrected chi connectivity index (χ0v) is 8.36. The van der Waals surface area contributed by atoms with E-state index in [9.17, 15) is 4.79 Å². The molecule has 0 amide bonds. The number of imidazole rings is 1. The summed E-state index contributed by atoms with van der Waals surface area (Å²) in [4.78, 5) is 13.6. The van der Waals surface area contributed by atoms with Crippen LogP contribution in [0.5, 0.6) is 0 Å². The van der Waals surface area contributed by atoms with Crippen molar-refractivity contribution in [3.05, 3.63) is 22.9 Å². The van der Waals surface area contributed by atoms with Gasteiger partial charge in [-0.3, -0.25) is 4.57 Å². The molecule has 14 heavy (non-hydrogen) atoms. The molecule has 0 bridgehead atoms. The lowest BCUT2D eigenvalue weighted by Crippen LogP contribution is -2.17. The Morgan fingerprint density at radius 2 is 2.29 bits per heavy atom. The Morgan fingerprint density at radius 1 is 1.43 bits per heavy atom. The minimum atomic E-state index is -0.0677. The number of hydrogen-bond acceptors (Lipinski definition) is 3. The largest absolute Gasteiger partial charge is 0.382 e. The monoisotopic (exact) mass is 200 g/mol. The maximum atomic E-state index is 11.0. The van der Waals surface area contributed by atoms with Crippen molar-refractivity contribution in [3.8, 4) is 0 Å². The van der Waals surface area contributed by atoms with Crippen LogP contribution in [0.2, 0.25) is 0 Å². The first kappa shape index (κ1) is 11.0. The summed E-state index contributed by atoms with van der Waals surface area (Å²) in [5, 5.41) is 0. The van der Waals surface area contributed by atoms with E-state index in [4.69, 9.17) is 9.47 Å². The van der Waals surface area contributed by atoms with Crippen molar-refractivity contribution in [1.82, 2.24) is 9.55 Å². The van der Waals surface area contributed by atoms with Crippen molar-refractivity contribution in [2.75, 3.05) is 26.9 Å². The summed E-state index contributed by atoms with van der Waals surface area (Å²) in [6.45, 7) is 2.57. The molecule has 1 rings (SSSR count). The van der Waals surface area contributed by atoms with Gasteiger partial charge in [0.25, 0.3) is 0 Å². The lowest BCUT2D eigenvalue weighted by Gasteiger charge is -2.03. The van der Waals surface area contributed by atoms with Crippen LogP contribution in [0.1, 0.15) is 6.42 Å². The summed E-state index contributed by atoms with van der Waals surface area (Å²) >= 11 is 0. The Bertz CT molecular complexity index is 292. The fourth-order valence-electron chi connectivity index (χ4n) is 1.11. The van der Waals surface area contributed by atoms with Gasteiger partial charge >= 0.3 is 5.69 Å². The molecule has 5 heteroatoms. The van der Waals surface area contributed by atoms with E-state index < -0.39 is 0 Å². The summed E-state index contributed by atoms with van der Waals surface area (Å²) in [6, 6.07) is 0. The molecule has 5 nitrogen and oxygen atoms in total. The van der Waals surface area contributed by atoms with Gasteiger partial charge in [-0.15, -0.1) is 0 Å². The Labute approximate surface area is 82.6 Å². The van der Waals surface area contributed by atoms with Crippen LogP contribution in [0.4, 0.5) is 0 Å². The van der Waals surface area contributed by atoms with Crippen LogP contribution in [-0.4, -0.2) is 36.5 Å². The molecule has 1 aromatic heterocycles. The van der Waals surface area contributed by atoms with Crippen LogP contribution >= 0.6 is 0 Å². The van der Waals surface area contributed by atoms with E-state index in [0.717, 1.165) is 6.42 Å². The molecule has 0 radical (unpaired) electrons. The zero-order valence-electron chi connectivity index (χ0n) is 8.36. The second-order valence-electron chi connectivity index (χ2n) is 2.92. The van der Waals surface area contributed by atoms with Crippen LogP contribution in [0.3, 0.4) is 0 Å². The van der Waals surface area contributed by atoms with Gasteiger partial charge in [-0.05, 0) is 6.42 Å². The van der Waals surface area contributed by atoms with Crippen molar-refractivity contribution in [2.45, 2.75) is 13.0 Å². The zero-order chi connectivity index (χ0) is 10.2. The molecule has 1 N–H and O–H groups in total. The summed E-state index contributed by atoms with van der Waals surface area (Å²) in [5.41, 5.74) is -0.0677. The molecule has 0 spiro atoms. The van der Waals surface area contributed by atoms with Crippen LogP contribution in [0.25, 0.3) is 0 Å². The lowest BCUT2D eigenvalue weighted by atomic mass is 10.4. The highest BCUT2D eigenvalue weighted by atomic mass is 16.5. The summed E-state index contributed by atoms with van der Waals surface area (Å²) < 4.78 is 11.7. The molecule has 0 aliphatic heterocycles. The molecule has 0 fully saturated rings. The highest BCUT2D eigenvalue weighted by Gasteiger charge is 1.95. The number of aromatic nitrogens is 2. The number of hydrogen-bond donors (Lipinski definition) is 1. The highest BCUT2D eigenvalue weighted by molar-refractivity contribution is 4.75. The molecule has 1 heterocycles. The first-order chi connectivity index (χ1) is 6.84. The van der Waals surface area contributed by atoms with Gasteiger partial charge < -0.3 is 14.5 Å². The molecule has 0 aromatic carbocycles. The second kappa shape index (κ2) is 6.39. The van der Waals surface area contributed by atoms with E-state index in [1.807, 2.05) is 0 Å². The predicted octanol–water partition coefficient (Wildman–Crippen LogP) is 0.230.